The normalized spacial score (nSPS) is 11.5. The Kier molecular flexibility index (Phi) is 5.27. The van der Waals surface area contributed by atoms with E-state index >= 15 is 0 Å². The first-order valence-electron chi connectivity index (χ1n) is 8.57. The number of halogens is 5. The number of oxazole rings is 1. The molecule has 4 rings (SSSR count). The summed E-state index contributed by atoms with van der Waals surface area (Å²) in [6.07, 6.45) is -2.00. The van der Waals surface area contributed by atoms with Crippen molar-refractivity contribution in [3.8, 4) is 22.0 Å². The monoisotopic (exact) mass is 451 g/mol. The van der Waals surface area contributed by atoms with E-state index < -0.39 is 34.8 Å². The lowest BCUT2D eigenvalue weighted by molar-refractivity contribution is -0.137. The minimum absolute atomic E-state index is 0.00114. The Balaban J connectivity index is 1.76. The van der Waals surface area contributed by atoms with E-state index in [1.165, 1.54) is 24.6 Å². The zero-order valence-corrected chi connectivity index (χ0v) is 16.0. The van der Waals surface area contributed by atoms with Gasteiger partial charge < -0.3 is 4.42 Å². The molecule has 0 radical (unpaired) electrons. The molecule has 2 aromatic heterocycles. The Hall–Kier alpha value is -3.60. The number of benzene rings is 2. The number of aromatic nitrogens is 2. The maximum atomic E-state index is 13.9. The van der Waals surface area contributed by atoms with Crippen LogP contribution in [0.5, 0.6) is 0 Å². The molecule has 5 nitrogen and oxygen atoms in total. The Bertz CT molecular complexity index is 1230. The van der Waals surface area contributed by atoms with Gasteiger partial charge in [-0.3, -0.25) is 10.1 Å². The molecule has 158 valence electrons. The molecule has 2 aromatic carbocycles. The molecular formula is C20H10F5N3O2S. The van der Waals surface area contributed by atoms with E-state index in [0.717, 1.165) is 41.7 Å². The SMILES string of the molecule is O=C(Nc1nc(-c2ncco2)c(-c2cccc(C(F)(F)F)c2)s1)c1c(F)cccc1F. The van der Waals surface area contributed by atoms with Gasteiger partial charge in [0.2, 0.25) is 5.89 Å². The summed E-state index contributed by atoms with van der Waals surface area (Å²) in [6, 6.07) is 7.44. The van der Waals surface area contributed by atoms with Crippen molar-refractivity contribution in [1.82, 2.24) is 9.97 Å². The van der Waals surface area contributed by atoms with Gasteiger partial charge >= 0.3 is 6.18 Å². The number of thiazole rings is 1. The molecule has 0 saturated carbocycles. The van der Waals surface area contributed by atoms with E-state index in [2.05, 4.69) is 15.3 Å². The Morgan fingerprint density at radius 1 is 1.06 bits per heavy atom. The molecule has 2 heterocycles. The zero-order chi connectivity index (χ0) is 22.2. The highest BCUT2D eigenvalue weighted by Gasteiger charge is 2.31. The number of hydrogen-bond acceptors (Lipinski definition) is 5. The molecule has 4 aromatic rings. The van der Waals surface area contributed by atoms with Crippen molar-refractivity contribution in [2.24, 2.45) is 0 Å². The largest absolute Gasteiger partial charge is 0.443 e. The zero-order valence-electron chi connectivity index (χ0n) is 15.2. The van der Waals surface area contributed by atoms with Gasteiger partial charge in [-0.1, -0.05) is 29.5 Å². The van der Waals surface area contributed by atoms with Crippen molar-refractivity contribution in [2.75, 3.05) is 5.32 Å². The predicted molar refractivity (Wildman–Crippen MR) is 102 cm³/mol. The molecule has 11 heteroatoms. The van der Waals surface area contributed by atoms with E-state index in [1.807, 2.05) is 0 Å². The number of hydrogen-bond donors (Lipinski definition) is 1. The number of carbonyl (C=O) groups excluding carboxylic acids is 1. The van der Waals surface area contributed by atoms with E-state index in [-0.39, 0.29) is 27.2 Å². The van der Waals surface area contributed by atoms with Crippen LogP contribution in [0, 0.1) is 11.6 Å². The molecule has 0 unspecified atom stereocenters. The lowest BCUT2D eigenvalue weighted by Gasteiger charge is -2.08. The van der Waals surface area contributed by atoms with Crippen LogP contribution in [0.2, 0.25) is 0 Å². The van der Waals surface area contributed by atoms with E-state index in [0.29, 0.717) is 0 Å². The highest BCUT2D eigenvalue weighted by molar-refractivity contribution is 7.19. The highest BCUT2D eigenvalue weighted by atomic mass is 32.1. The van der Waals surface area contributed by atoms with E-state index in [9.17, 15) is 26.7 Å². The lowest BCUT2D eigenvalue weighted by Crippen LogP contribution is -2.15. The van der Waals surface area contributed by atoms with Gasteiger partial charge in [-0.2, -0.15) is 13.2 Å². The second-order valence-corrected chi connectivity index (χ2v) is 7.16. The van der Waals surface area contributed by atoms with Crippen LogP contribution in [0.4, 0.5) is 27.1 Å². The second kappa shape index (κ2) is 7.91. The van der Waals surface area contributed by atoms with Crippen LogP contribution in [0.25, 0.3) is 22.0 Å². The summed E-state index contributed by atoms with van der Waals surface area (Å²) in [5.74, 6) is -3.24. The lowest BCUT2D eigenvalue weighted by atomic mass is 10.1. The van der Waals surface area contributed by atoms with Crippen LogP contribution < -0.4 is 5.32 Å². The average molecular weight is 451 g/mol. The quantitative estimate of drug-likeness (QED) is 0.386. The van der Waals surface area contributed by atoms with Crippen LogP contribution in [-0.2, 0) is 6.18 Å². The third-order valence-electron chi connectivity index (χ3n) is 4.12. The molecule has 0 aliphatic heterocycles. The average Bonchev–Trinajstić information content (AvgIpc) is 3.37. The summed E-state index contributed by atoms with van der Waals surface area (Å²) in [6.45, 7) is 0. The van der Waals surface area contributed by atoms with Crippen LogP contribution in [-0.4, -0.2) is 15.9 Å². The number of nitrogens with one attached hydrogen (secondary N) is 1. The van der Waals surface area contributed by atoms with Crippen LogP contribution >= 0.6 is 11.3 Å². The summed E-state index contributed by atoms with van der Waals surface area (Å²) < 4.78 is 72.3. The number of amides is 1. The molecule has 0 bridgehead atoms. The Morgan fingerprint density at radius 2 is 1.77 bits per heavy atom. The third-order valence-corrected chi connectivity index (χ3v) is 5.14. The molecule has 1 amide bonds. The molecular weight excluding hydrogens is 441 g/mol. The maximum Gasteiger partial charge on any atom is 0.416 e. The number of anilines is 1. The van der Waals surface area contributed by atoms with Crippen LogP contribution in [0.1, 0.15) is 15.9 Å². The van der Waals surface area contributed by atoms with E-state index in [4.69, 9.17) is 4.42 Å². The summed E-state index contributed by atoms with van der Waals surface area (Å²) in [7, 11) is 0. The minimum atomic E-state index is -4.57. The van der Waals surface area contributed by atoms with Crippen molar-refractivity contribution in [1.29, 1.82) is 0 Å². The number of carbonyl (C=O) groups is 1. The van der Waals surface area contributed by atoms with Crippen molar-refractivity contribution in [3.05, 3.63) is 77.7 Å². The van der Waals surface area contributed by atoms with Gasteiger partial charge in [0.05, 0.1) is 16.6 Å². The second-order valence-electron chi connectivity index (χ2n) is 6.16. The van der Waals surface area contributed by atoms with Gasteiger partial charge in [-0.15, -0.1) is 0 Å². The standard InChI is InChI=1S/C20H10F5N3O2S/c21-12-5-2-6-13(22)14(12)17(29)28-19-27-15(18-26-7-8-30-18)16(31-19)10-3-1-4-11(9-10)20(23,24)25/h1-9H,(H,27,28,29). The molecule has 31 heavy (non-hydrogen) atoms. The van der Waals surface area contributed by atoms with Crippen molar-refractivity contribution in [2.45, 2.75) is 6.18 Å². The molecule has 0 aliphatic rings. The Labute approximate surface area is 175 Å². The summed E-state index contributed by atoms with van der Waals surface area (Å²) >= 11 is 0.810. The van der Waals surface area contributed by atoms with Gasteiger partial charge in [0.1, 0.15) is 29.2 Å². The van der Waals surface area contributed by atoms with Crippen LogP contribution in [0.15, 0.2) is 59.3 Å². The van der Waals surface area contributed by atoms with Crippen molar-refractivity contribution < 1.29 is 31.2 Å². The molecule has 0 spiro atoms. The fourth-order valence-electron chi connectivity index (χ4n) is 2.77. The fraction of sp³-hybridized carbons (Fsp3) is 0.0500. The van der Waals surface area contributed by atoms with Crippen molar-refractivity contribution in [3.63, 3.8) is 0 Å². The van der Waals surface area contributed by atoms with Gasteiger partial charge in [0, 0.05) is 0 Å². The molecule has 0 fully saturated rings. The number of alkyl halides is 3. The number of nitrogens with zero attached hydrogens (tertiary/aromatic N) is 2. The highest BCUT2D eigenvalue weighted by Crippen LogP contribution is 2.40. The Morgan fingerprint density at radius 3 is 2.42 bits per heavy atom. The molecule has 0 saturated heterocycles. The topological polar surface area (TPSA) is 68.0 Å². The smallest absolute Gasteiger partial charge is 0.416 e. The van der Waals surface area contributed by atoms with Crippen LogP contribution in [0.3, 0.4) is 0 Å². The van der Waals surface area contributed by atoms with Gasteiger partial charge in [0.15, 0.2) is 5.13 Å². The van der Waals surface area contributed by atoms with Gasteiger partial charge in [-0.05, 0) is 29.8 Å². The first-order valence-corrected chi connectivity index (χ1v) is 9.39. The van der Waals surface area contributed by atoms with Gasteiger partial charge in [-0.25, -0.2) is 18.7 Å². The summed E-state index contributed by atoms with van der Waals surface area (Å²) in [5.41, 5.74) is -1.47. The third kappa shape index (κ3) is 4.17. The minimum Gasteiger partial charge on any atom is -0.443 e. The predicted octanol–water partition coefficient (Wildman–Crippen LogP) is 6.01. The van der Waals surface area contributed by atoms with Crippen molar-refractivity contribution >= 4 is 22.4 Å². The maximum absolute atomic E-state index is 13.9. The number of rotatable bonds is 4. The van der Waals surface area contributed by atoms with Gasteiger partial charge in [0.25, 0.3) is 5.91 Å². The summed E-state index contributed by atoms with van der Waals surface area (Å²) in [4.78, 5) is 20.7. The fourth-order valence-corrected chi connectivity index (χ4v) is 3.71. The van der Waals surface area contributed by atoms with E-state index in [1.54, 1.807) is 0 Å². The molecule has 0 aliphatic carbocycles. The first kappa shape index (κ1) is 20.7. The molecule has 1 N–H and O–H groups in total. The molecule has 0 atom stereocenters. The summed E-state index contributed by atoms with van der Waals surface area (Å²) in [5, 5.41) is 2.17. The first-order chi connectivity index (χ1) is 14.7.